The summed E-state index contributed by atoms with van der Waals surface area (Å²) in [5, 5.41) is 2.84. The topological polar surface area (TPSA) is 103 Å². The van der Waals surface area contributed by atoms with Gasteiger partial charge in [-0.05, 0) is 38.1 Å². The fraction of sp³-hybridized carbons (Fsp3) is 0.409. The van der Waals surface area contributed by atoms with Gasteiger partial charge in [-0.25, -0.2) is 13.1 Å². The van der Waals surface area contributed by atoms with Gasteiger partial charge in [-0.2, -0.15) is 0 Å². The number of rotatable bonds is 7. The van der Waals surface area contributed by atoms with E-state index >= 15 is 0 Å². The highest BCUT2D eigenvalue weighted by Gasteiger charge is 2.34. The van der Waals surface area contributed by atoms with Crippen molar-refractivity contribution in [3.63, 3.8) is 0 Å². The average Bonchev–Trinajstić information content (AvgIpc) is 2.76. The van der Waals surface area contributed by atoms with E-state index < -0.39 is 28.0 Å². The summed E-state index contributed by atoms with van der Waals surface area (Å²) >= 11 is 0. The number of sulfonamides is 1. The Morgan fingerprint density at radius 3 is 2.29 bits per heavy atom. The Morgan fingerprint density at radius 2 is 1.61 bits per heavy atom. The molecule has 0 aromatic heterocycles. The molecular weight excluding hydrogens is 420 g/mol. The molecule has 2 atom stereocenters. The summed E-state index contributed by atoms with van der Waals surface area (Å²) in [5.74, 6) is -1.17. The summed E-state index contributed by atoms with van der Waals surface area (Å²) in [4.78, 5) is 12.6. The molecule has 31 heavy (non-hydrogen) atoms. The van der Waals surface area contributed by atoms with E-state index in [2.05, 4.69) is 10.0 Å². The molecule has 1 amide bonds. The molecule has 3 rings (SSSR count). The lowest BCUT2D eigenvalue weighted by Crippen LogP contribution is -2.52. The molecule has 0 radical (unpaired) electrons. The van der Waals surface area contributed by atoms with Crippen molar-refractivity contribution in [2.45, 2.75) is 36.7 Å². The first kappa shape index (κ1) is 23.4. The van der Waals surface area contributed by atoms with Crippen LogP contribution in [0, 0.1) is 0 Å². The van der Waals surface area contributed by atoms with Crippen molar-refractivity contribution in [3.05, 3.63) is 66.2 Å². The van der Waals surface area contributed by atoms with Crippen LogP contribution >= 0.6 is 0 Å². The highest BCUT2D eigenvalue weighted by atomic mass is 32.2. The maximum absolute atomic E-state index is 12.6. The Labute approximate surface area is 182 Å². The lowest BCUT2D eigenvalue weighted by atomic mass is 10.1. The smallest absolute Gasteiger partial charge is 0.251 e. The molecule has 2 N–H and O–H groups in total. The predicted octanol–water partition coefficient (Wildman–Crippen LogP) is 1.93. The maximum atomic E-state index is 12.6. The van der Waals surface area contributed by atoms with Crippen LogP contribution in [0.1, 0.15) is 24.2 Å². The normalized spacial score (nSPS) is 21.6. The molecule has 0 bridgehead atoms. The maximum Gasteiger partial charge on any atom is 0.251 e. The molecule has 0 spiro atoms. The van der Waals surface area contributed by atoms with Crippen LogP contribution in [0.2, 0.25) is 0 Å². The van der Waals surface area contributed by atoms with E-state index in [9.17, 15) is 13.2 Å². The summed E-state index contributed by atoms with van der Waals surface area (Å²) in [5.41, 5.74) is 0.520. The highest BCUT2D eigenvalue weighted by Crippen LogP contribution is 2.20. The molecular formula is C22H28N2O6S. The molecule has 1 aliphatic heterocycles. The van der Waals surface area contributed by atoms with Crippen LogP contribution in [0.15, 0.2) is 65.6 Å². The van der Waals surface area contributed by atoms with Crippen LogP contribution in [0.4, 0.5) is 0 Å². The summed E-state index contributed by atoms with van der Waals surface area (Å²) in [6.07, 6.45) is -1.26. The van der Waals surface area contributed by atoms with Gasteiger partial charge in [0.05, 0.1) is 24.2 Å². The fourth-order valence-electron chi connectivity index (χ4n) is 3.19. The van der Waals surface area contributed by atoms with Crippen molar-refractivity contribution >= 4 is 15.9 Å². The lowest BCUT2D eigenvalue weighted by Gasteiger charge is -2.37. The Bertz CT molecular complexity index is 950. The van der Waals surface area contributed by atoms with Crippen molar-refractivity contribution in [2.75, 3.05) is 26.3 Å². The minimum absolute atomic E-state index is 0.0147. The van der Waals surface area contributed by atoms with E-state index in [0.717, 1.165) is 0 Å². The number of ether oxygens (including phenoxy) is 3. The predicted molar refractivity (Wildman–Crippen MR) is 115 cm³/mol. The van der Waals surface area contributed by atoms with Crippen LogP contribution in [0.3, 0.4) is 0 Å². The molecule has 0 saturated carbocycles. The minimum Gasteiger partial charge on any atom is -0.372 e. The van der Waals surface area contributed by atoms with Gasteiger partial charge in [0, 0.05) is 18.7 Å². The van der Waals surface area contributed by atoms with E-state index in [1.807, 2.05) is 6.07 Å². The van der Waals surface area contributed by atoms with Crippen molar-refractivity contribution in [3.8, 4) is 0 Å². The van der Waals surface area contributed by atoms with Gasteiger partial charge in [0.25, 0.3) is 5.91 Å². The number of hydrogen-bond acceptors (Lipinski definition) is 6. The van der Waals surface area contributed by atoms with E-state index in [4.69, 9.17) is 14.2 Å². The third-order valence-electron chi connectivity index (χ3n) is 4.74. The molecule has 9 heteroatoms. The van der Waals surface area contributed by atoms with Crippen molar-refractivity contribution in [1.29, 1.82) is 0 Å². The van der Waals surface area contributed by atoms with E-state index in [1.165, 1.54) is 12.1 Å². The molecule has 1 saturated heterocycles. The van der Waals surface area contributed by atoms with Crippen LogP contribution in [0.5, 0.6) is 0 Å². The average molecular weight is 449 g/mol. The van der Waals surface area contributed by atoms with Gasteiger partial charge < -0.3 is 19.5 Å². The molecule has 8 nitrogen and oxygen atoms in total. The van der Waals surface area contributed by atoms with Crippen molar-refractivity contribution < 1.29 is 27.4 Å². The van der Waals surface area contributed by atoms with Crippen LogP contribution in [0.25, 0.3) is 0 Å². The summed E-state index contributed by atoms with van der Waals surface area (Å²) < 4.78 is 45.3. The standard InChI is InChI=1S/C22H28N2O6S/c1-22(2)29-14-13-28-19(16-24-31(26,27)18-11-7-4-8-12-18)20(30-22)15-23-21(25)17-9-5-3-6-10-17/h3-12,19-20,24H,13-16H2,1-2H3,(H,23,25)/t19-,20+/m1/s1. The third kappa shape index (κ3) is 6.84. The second kappa shape index (κ2) is 10.3. The molecule has 1 heterocycles. The number of nitrogens with one attached hydrogen (secondary N) is 2. The van der Waals surface area contributed by atoms with Crippen molar-refractivity contribution in [2.24, 2.45) is 0 Å². The van der Waals surface area contributed by atoms with Crippen LogP contribution in [-0.4, -0.2) is 58.6 Å². The molecule has 0 aliphatic carbocycles. The third-order valence-corrected chi connectivity index (χ3v) is 6.18. The zero-order valence-corrected chi connectivity index (χ0v) is 18.4. The second-order valence-corrected chi connectivity index (χ2v) is 9.32. The Morgan fingerprint density at radius 1 is 0.968 bits per heavy atom. The van der Waals surface area contributed by atoms with Gasteiger partial charge in [0.15, 0.2) is 5.79 Å². The summed E-state index contributed by atoms with van der Waals surface area (Å²) in [6.45, 7) is 4.23. The molecule has 1 fully saturated rings. The Balaban J connectivity index is 1.70. The largest absolute Gasteiger partial charge is 0.372 e. The number of carbonyl (C=O) groups excluding carboxylic acids is 1. The summed E-state index contributed by atoms with van der Waals surface area (Å²) in [7, 11) is -3.71. The second-order valence-electron chi connectivity index (χ2n) is 7.55. The number of amides is 1. The fourth-order valence-corrected chi connectivity index (χ4v) is 4.26. The van der Waals surface area contributed by atoms with Gasteiger partial charge in [-0.3, -0.25) is 4.79 Å². The molecule has 1 aliphatic rings. The number of hydrogen-bond donors (Lipinski definition) is 2. The minimum atomic E-state index is -3.71. The molecule has 0 unspecified atom stereocenters. The first-order valence-corrected chi connectivity index (χ1v) is 11.6. The Kier molecular flexibility index (Phi) is 7.79. The van der Waals surface area contributed by atoms with Crippen molar-refractivity contribution in [1.82, 2.24) is 10.0 Å². The van der Waals surface area contributed by atoms with Gasteiger partial charge in [0.1, 0.15) is 6.10 Å². The zero-order chi connectivity index (χ0) is 22.3. The molecule has 2 aromatic carbocycles. The number of benzene rings is 2. The quantitative estimate of drug-likeness (QED) is 0.671. The molecule has 2 aromatic rings. The van der Waals surface area contributed by atoms with Crippen LogP contribution in [-0.2, 0) is 24.2 Å². The van der Waals surface area contributed by atoms with Gasteiger partial charge in [-0.1, -0.05) is 36.4 Å². The van der Waals surface area contributed by atoms with E-state index in [-0.39, 0.29) is 30.5 Å². The SMILES string of the molecule is CC1(C)OCCO[C@H](CNS(=O)(=O)c2ccccc2)[C@H](CNC(=O)c2ccccc2)O1. The van der Waals surface area contributed by atoms with Gasteiger partial charge in [0.2, 0.25) is 10.0 Å². The highest BCUT2D eigenvalue weighted by molar-refractivity contribution is 7.89. The van der Waals surface area contributed by atoms with Crippen LogP contribution < -0.4 is 10.0 Å². The summed E-state index contributed by atoms with van der Waals surface area (Å²) in [6, 6.07) is 16.9. The van der Waals surface area contributed by atoms with Gasteiger partial charge >= 0.3 is 0 Å². The van der Waals surface area contributed by atoms with E-state index in [0.29, 0.717) is 12.2 Å². The zero-order valence-electron chi connectivity index (χ0n) is 17.6. The van der Waals surface area contributed by atoms with Gasteiger partial charge in [-0.15, -0.1) is 0 Å². The number of carbonyl (C=O) groups is 1. The molecule has 168 valence electrons. The first-order valence-electron chi connectivity index (χ1n) is 10.1. The first-order chi connectivity index (χ1) is 14.8. The lowest BCUT2D eigenvalue weighted by molar-refractivity contribution is -0.277. The monoisotopic (exact) mass is 448 g/mol. The van der Waals surface area contributed by atoms with E-state index in [1.54, 1.807) is 56.3 Å². The Hall–Kier alpha value is -2.30.